The van der Waals surface area contributed by atoms with Crippen molar-refractivity contribution in [3.63, 3.8) is 0 Å². The molecule has 1 aromatic heterocycles. The van der Waals surface area contributed by atoms with Gasteiger partial charge in [0, 0.05) is 16.3 Å². The summed E-state index contributed by atoms with van der Waals surface area (Å²) in [6.45, 7) is 4.38. The molecule has 102 valence electrons. The summed E-state index contributed by atoms with van der Waals surface area (Å²) in [5.41, 5.74) is 7.71. The van der Waals surface area contributed by atoms with Gasteiger partial charge in [0.2, 0.25) is 0 Å². The second kappa shape index (κ2) is 4.49. The number of aromatic nitrogens is 1. The first-order valence-corrected chi connectivity index (χ1v) is 7.32. The Hall–Kier alpha value is -2.54. The zero-order chi connectivity index (χ0) is 14.4. The van der Waals surface area contributed by atoms with E-state index in [1.807, 2.05) is 0 Å². The molecule has 0 aliphatic rings. The highest BCUT2D eigenvalue weighted by Crippen LogP contribution is 2.34. The zero-order valence-corrected chi connectivity index (χ0v) is 12.3. The van der Waals surface area contributed by atoms with Gasteiger partial charge in [0.25, 0.3) is 0 Å². The molecule has 0 atom stereocenters. The second-order valence-corrected chi connectivity index (χ2v) is 5.65. The summed E-state index contributed by atoms with van der Waals surface area (Å²) in [7, 11) is 0. The summed E-state index contributed by atoms with van der Waals surface area (Å²) in [6, 6.07) is 21.6. The summed E-state index contributed by atoms with van der Waals surface area (Å²) in [6.07, 6.45) is 0. The SMILES string of the molecule is Cc1ccccc1-c1ccc2c([nH]c3ccccc32)c1C. The Morgan fingerprint density at radius 1 is 0.667 bits per heavy atom. The van der Waals surface area contributed by atoms with Crippen LogP contribution in [0.1, 0.15) is 11.1 Å². The summed E-state index contributed by atoms with van der Waals surface area (Å²) in [5, 5.41) is 2.60. The normalized spacial score (nSPS) is 11.3. The van der Waals surface area contributed by atoms with E-state index in [-0.39, 0.29) is 0 Å². The Morgan fingerprint density at radius 3 is 2.29 bits per heavy atom. The molecule has 0 aliphatic carbocycles. The number of para-hydroxylation sites is 1. The van der Waals surface area contributed by atoms with E-state index in [0.717, 1.165) is 0 Å². The van der Waals surface area contributed by atoms with Gasteiger partial charge in [-0.3, -0.25) is 0 Å². The van der Waals surface area contributed by atoms with Crippen LogP contribution in [0.25, 0.3) is 32.9 Å². The minimum atomic E-state index is 1.21. The third-order valence-electron chi connectivity index (χ3n) is 4.38. The maximum absolute atomic E-state index is 3.58. The van der Waals surface area contributed by atoms with Gasteiger partial charge >= 0.3 is 0 Å². The van der Waals surface area contributed by atoms with Crippen molar-refractivity contribution in [3.05, 3.63) is 71.8 Å². The van der Waals surface area contributed by atoms with Gasteiger partial charge in [0.1, 0.15) is 0 Å². The zero-order valence-electron chi connectivity index (χ0n) is 12.3. The molecular weight excluding hydrogens is 254 g/mol. The molecule has 1 nitrogen and oxygen atoms in total. The smallest absolute Gasteiger partial charge is 0.0500 e. The average Bonchev–Trinajstić information content (AvgIpc) is 2.89. The Labute approximate surface area is 124 Å². The summed E-state index contributed by atoms with van der Waals surface area (Å²) in [4.78, 5) is 3.58. The van der Waals surface area contributed by atoms with Crippen LogP contribution in [0.3, 0.4) is 0 Å². The molecule has 0 radical (unpaired) electrons. The molecule has 1 heterocycles. The average molecular weight is 271 g/mol. The molecule has 21 heavy (non-hydrogen) atoms. The van der Waals surface area contributed by atoms with E-state index in [4.69, 9.17) is 0 Å². The van der Waals surface area contributed by atoms with Crippen molar-refractivity contribution < 1.29 is 0 Å². The first kappa shape index (κ1) is 12.2. The van der Waals surface area contributed by atoms with Crippen molar-refractivity contribution in [1.82, 2.24) is 4.98 Å². The van der Waals surface area contributed by atoms with Crippen LogP contribution >= 0.6 is 0 Å². The standard InChI is InChI=1S/C20H17N/c1-13-7-3-4-8-15(13)16-11-12-18-17-9-5-6-10-19(17)21-20(18)14(16)2/h3-12,21H,1-2H3. The third kappa shape index (κ3) is 1.78. The molecule has 3 aromatic carbocycles. The predicted octanol–water partition coefficient (Wildman–Crippen LogP) is 5.60. The van der Waals surface area contributed by atoms with Crippen LogP contribution in [0.4, 0.5) is 0 Å². The lowest BCUT2D eigenvalue weighted by molar-refractivity contribution is 1.41. The summed E-state index contributed by atoms with van der Waals surface area (Å²) >= 11 is 0. The van der Waals surface area contributed by atoms with Crippen molar-refractivity contribution in [2.75, 3.05) is 0 Å². The number of aromatic amines is 1. The fourth-order valence-electron chi connectivity index (χ4n) is 3.23. The highest BCUT2D eigenvalue weighted by atomic mass is 14.7. The van der Waals surface area contributed by atoms with Crippen molar-refractivity contribution in [2.45, 2.75) is 13.8 Å². The molecular formula is C20H17N. The van der Waals surface area contributed by atoms with E-state index < -0.39 is 0 Å². The number of H-pyrrole nitrogens is 1. The molecule has 1 heteroatoms. The van der Waals surface area contributed by atoms with E-state index in [1.54, 1.807) is 0 Å². The minimum absolute atomic E-state index is 1.21. The van der Waals surface area contributed by atoms with Crippen molar-refractivity contribution in [1.29, 1.82) is 0 Å². The van der Waals surface area contributed by atoms with Crippen molar-refractivity contribution in [2.24, 2.45) is 0 Å². The second-order valence-electron chi connectivity index (χ2n) is 5.65. The van der Waals surface area contributed by atoms with Crippen LogP contribution in [0, 0.1) is 13.8 Å². The van der Waals surface area contributed by atoms with Gasteiger partial charge in [-0.25, -0.2) is 0 Å². The Kier molecular flexibility index (Phi) is 2.61. The topological polar surface area (TPSA) is 15.8 Å². The molecule has 4 rings (SSSR count). The number of nitrogens with one attached hydrogen (secondary N) is 1. The molecule has 0 spiro atoms. The lowest BCUT2D eigenvalue weighted by atomic mass is 9.95. The molecule has 0 saturated heterocycles. The molecule has 0 aliphatic heterocycles. The number of benzene rings is 3. The highest BCUT2D eigenvalue weighted by molar-refractivity contribution is 6.09. The van der Waals surface area contributed by atoms with Gasteiger partial charge in [0.05, 0.1) is 5.52 Å². The number of hydrogen-bond donors (Lipinski definition) is 1. The summed E-state index contributed by atoms with van der Waals surface area (Å²) < 4.78 is 0. The molecule has 0 fully saturated rings. The summed E-state index contributed by atoms with van der Waals surface area (Å²) in [5.74, 6) is 0. The van der Waals surface area contributed by atoms with Gasteiger partial charge in [-0.1, -0.05) is 54.6 Å². The van der Waals surface area contributed by atoms with Crippen LogP contribution in [-0.2, 0) is 0 Å². The van der Waals surface area contributed by atoms with Gasteiger partial charge < -0.3 is 4.98 Å². The number of aryl methyl sites for hydroxylation is 2. The van der Waals surface area contributed by atoms with Crippen LogP contribution in [-0.4, -0.2) is 4.98 Å². The third-order valence-corrected chi connectivity index (χ3v) is 4.38. The number of rotatable bonds is 1. The monoisotopic (exact) mass is 271 g/mol. The molecule has 4 aromatic rings. The van der Waals surface area contributed by atoms with E-state index in [1.165, 1.54) is 44.1 Å². The molecule has 0 bridgehead atoms. The lowest BCUT2D eigenvalue weighted by Crippen LogP contribution is -1.87. The maximum atomic E-state index is 3.58. The lowest BCUT2D eigenvalue weighted by Gasteiger charge is -2.10. The Morgan fingerprint density at radius 2 is 1.43 bits per heavy atom. The number of hydrogen-bond acceptors (Lipinski definition) is 0. The highest BCUT2D eigenvalue weighted by Gasteiger charge is 2.11. The Balaban J connectivity index is 2.07. The maximum Gasteiger partial charge on any atom is 0.0500 e. The fourth-order valence-corrected chi connectivity index (χ4v) is 3.23. The number of fused-ring (bicyclic) bond motifs is 3. The van der Waals surface area contributed by atoms with Gasteiger partial charge in [0.15, 0.2) is 0 Å². The van der Waals surface area contributed by atoms with Gasteiger partial charge in [-0.2, -0.15) is 0 Å². The first-order chi connectivity index (χ1) is 10.3. The van der Waals surface area contributed by atoms with Crippen LogP contribution in [0.5, 0.6) is 0 Å². The van der Waals surface area contributed by atoms with E-state index in [2.05, 4.69) is 79.5 Å². The van der Waals surface area contributed by atoms with Gasteiger partial charge in [-0.05, 0) is 42.2 Å². The molecule has 0 amide bonds. The van der Waals surface area contributed by atoms with Crippen LogP contribution in [0.15, 0.2) is 60.7 Å². The quantitative estimate of drug-likeness (QED) is 0.463. The van der Waals surface area contributed by atoms with E-state index >= 15 is 0 Å². The first-order valence-electron chi connectivity index (χ1n) is 7.32. The fraction of sp³-hybridized carbons (Fsp3) is 0.100. The van der Waals surface area contributed by atoms with Gasteiger partial charge in [-0.15, -0.1) is 0 Å². The van der Waals surface area contributed by atoms with Crippen molar-refractivity contribution in [3.8, 4) is 11.1 Å². The van der Waals surface area contributed by atoms with Crippen molar-refractivity contribution >= 4 is 21.8 Å². The molecule has 0 saturated carbocycles. The van der Waals surface area contributed by atoms with E-state index in [0.29, 0.717) is 0 Å². The largest absolute Gasteiger partial charge is 0.354 e. The van der Waals surface area contributed by atoms with Crippen LogP contribution in [0.2, 0.25) is 0 Å². The molecule has 1 N–H and O–H groups in total. The minimum Gasteiger partial charge on any atom is -0.354 e. The van der Waals surface area contributed by atoms with Crippen LogP contribution < -0.4 is 0 Å². The van der Waals surface area contributed by atoms with E-state index in [9.17, 15) is 0 Å². The molecule has 0 unspecified atom stereocenters. The Bertz CT molecular complexity index is 960. The predicted molar refractivity (Wildman–Crippen MR) is 90.7 cm³/mol.